The Morgan fingerprint density at radius 1 is 1.25 bits per heavy atom. The van der Waals surface area contributed by atoms with Crippen LogP contribution in [-0.4, -0.2) is 55.5 Å². The summed E-state index contributed by atoms with van der Waals surface area (Å²) in [5.41, 5.74) is 0.688. The van der Waals surface area contributed by atoms with Gasteiger partial charge in [0.1, 0.15) is 0 Å². The topological polar surface area (TPSA) is 35.6 Å². The van der Waals surface area contributed by atoms with E-state index in [2.05, 4.69) is 55.6 Å². The van der Waals surface area contributed by atoms with Gasteiger partial charge in [-0.3, -0.25) is 9.69 Å². The van der Waals surface area contributed by atoms with Crippen molar-refractivity contribution in [2.75, 3.05) is 39.8 Å². The Bertz CT molecular complexity index is 669. The highest BCUT2D eigenvalue weighted by atomic mass is 79.9. The normalized spacial score (nSPS) is 17.6. The second kappa shape index (κ2) is 8.25. The van der Waals surface area contributed by atoms with Crippen LogP contribution in [0.3, 0.4) is 0 Å². The van der Waals surface area contributed by atoms with Crippen LogP contribution in [0.4, 0.5) is 0 Å². The maximum atomic E-state index is 12.5. The molecule has 0 radical (unpaired) electrons. The van der Waals surface area contributed by atoms with Crippen LogP contribution in [0.2, 0.25) is 0 Å². The molecule has 4 nitrogen and oxygen atoms in total. The smallest absolute Gasteiger partial charge is 0.251 e. The van der Waals surface area contributed by atoms with Crippen molar-refractivity contribution in [3.05, 3.63) is 56.7 Å². The summed E-state index contributed by atoms with van der Waals surface area (Å²) in [6.45, 7) is 4.84. The molecule has 0 saturated carbocycles. The summed E-state index contributed by atoms with van der Waals surface area (Å²) >= 11 is 5.18. The van der Waals surface area contributed by atoms with E-state index in [1.54, 1.807) is 11.3 Å². The first-order valence-corrected chi connectivity index (χ1v) is 9.80. The van der Waals surface area contributed by atoms with E-state index in [0.717, 1.165) is 30.7 Å². The van der Waals surface area contributed by atoms with Gasteiger partial charge in [0.05, 0.1) is 6.04 Å². The number of hydrogen-bond acceptors (Lipinski definition) is 4. The second-order valence-corrected chi connectivity index (χ2v) is 7.99. The molecule has 2 heterocycles. The highest BCUT2D eigenvalue weighted by Gasteiger charge is 2.25. The minimum atomic E-state index is -0.0213. The standard InChI is InChI=1S/C18H22BrN3OS/c1-21-7-9-22(10-8-21)16(17-6-3-11-24-17)13-20-18(23)14-4-2-5-15(19)12-14/h2-6,11-12,16H,7-10,13H2,1H3,(H,20,23)/t16-/m0/s1. The summed E-state index contributed by atoms with van der Waals surface area (Å²) in [6, 6.07) is 12.0. The number of piperazine rings is 1. The minimum Gasteiger partial charge on any atom is -0.350 e. The van der Waals surface area contributed by atoms with Gasteiger partial charge in [0.25, 0.3) is 5.91 Å². The number of halogens is 1. The molecule has 1 aromatic heterocycles. The van der Waals surface area contributed by atoms with Crippen LogP contribution in [0.25, 0.3) is 0 Å². The van der Waals surface area contributed by atoms with Crippen LogP contribution in [-0.2, 0) is 0 Å². The first kappa shape index (κ1) is 17.6. The lowest BCUT2D eigenvalue weighted by molar-refractivity contribution is 0.0890. The molecule has 24 heavy (non-hydrogen) atoms. The van der Waals surface area contributed by atoms with Crippen molar-refractivity contribution in [1.82, 2.24) is 15.1 Å². The van der Waals surface area contributed by atoms with Crippen molar-refractivity contribution >= 4 is 33.2 Å². The van der Waals surface area contributed by atoms with E-state index in [-0.39, 0.29) is 11.9 Å². The lowest BCUT2D eigenvalue weighted by Crippen LogP contribution is -2.48. The van der Waals surface area contributed by atoms with Gasteiger partial charge < -0.3 is 10.2 Å². The lowest BCUT2D eigenvalue weighted by Gasteiger charge is -2.37. The van der Waals surface area contributed by atoms with Crippen molar-refractivity contribution < 1.29 is 4.79 Å². The SMILES string of the molecule is CN1CCN([C@@H](CNC(=O)c2cccc(Br)c2)c2cccs2)CC1. The summed E-state index contributed by atoms with van der Waals surface area (Å²) in [4.78, 5) is 18.6. The summed E-state index contributed by atoms with van der Waals surface area (Å²) < 4.78 is 0.920. The van der Waals surface area contributed by atoms with Crippen LogP contribution in [0.5, 0.6) is 0 Å². The molecule has 3 rings (SSSR count). The van der Waals surface area contributed by atoms with E-state index >= 15 is 0 Å². The Hall–Kier alpha value is -1.21. The molecule has 1 saturated heterocycles. The summed E-state index contributed by atoms with van der Waals surface area (Å²) in [5.74, 6) is -0.0213. The molecule has 1 amide bonds. The van der Waals surface area contributed by atoms with Crippen molar-refractivity contribution in [2.24, 2.45) is 0 Å². The monoisotopic (exact) mass is 407 g/mol. The number of nitrogens with one attached hydrogen (secondary N) is 1. The number of carbonyl (C=O) groups excluding carboxylic acids is 1. The number of amides is 1. The van der Waals surface area contributed by atoms with Crippen LogP contribution < -0.4 is 5.32 Å². The number of benzene rings is 1. The van der Waals surface area contributed by atoms with Gasteiger partial charge in [0.2, 0.25) is 0 Å². The van der Waals surface area contributed by atoms with Gasteiger partial charge in [0, 0.05) is 47.6 Å². The van der Waals surface area contributed by atoms with Crippen molar-refractivity contribution in [1.29, 1.82) is 0 Å². The molecule has 6 heteroatoms. The maximum Gasteiger partial charge on any atom is 0.251 e. The van der Waals surface area contributed by atoms with Crippen molar-refractivity contribution in [2.45, 2.75) is 6.04 Å². The van der Waals surface area contributed by atoms with Crippen LogP contribution >= 0.6 is 27.3 Å². The van der Waals surface area contributed by atoms with Gasteiger partial charge in [-0.05, 0) is 36.7 Å². The molecule has 0 unspecified atom stereocenters. The molecule has 1 aliphatic rings. The van der Waals surface area contributed by atoms with Gasteiger partial charge in [0.15, 0.2) is 0 Å². The summed E-state index contributed by atoms with van der Waals surface area (Å²) in [6.07, 6.45) is 0. The number of likely N-dealkylation sites (N-methyl/N-ethyl adjacent to an activating group) is 1. The third kappa shape index (κ3) is 4.45. The number of hydrogen-bond donors (Lipinski definition) is 1. The van der Waals surface area contributed by atoms with E-state index in [1.807, 2.05) is 24.3 Å². The Labute approximate surface area is 155 Å². The Morgan fingerprint density at radius 3 is 2.71 bits per heavy atom. The zero-order valence-electron chi connectivity index (χ0n) is 13.7. The Balaban J connectivity index is 1.67. The van der Waals surface area contributed by atoms with Gasteiger partial charge in [-0.15, -0.1) is 11.3 Å². The predicted octanol–water partition coefficient (Wildman–Crippen LogP) is 3.23. The average molecular weight is 408 g/mol. The fraction of sp³-hybridized carbons (Fsp3) is 0.389. The second-order valence-electron chi connectivity index (χ2n) is 6.09. The largest absolute Gasteiger partial charge is 0.350 e. The number of carbonyl (C=O) groups is 1. The third-order valence-electron chi connectivity index (χ3n) is 4.39. The van der Waals surface area contributed by atoms with Crippen LogP contribution in [0.1, 0.15) is 21.3 Å². The van der Waals surface area contributed by atoms with E-state index in [0.29, 0.717) is 12.1 Å². The molecule has 0 bridgehead atoms. The molecule has 1 aromatic carbocycles. The van der Waals surface area contributed by atoms with Crippen LogP contribution in [0.15, 0.2) is 46.3 Å². The number of thiophene rings is 1. The fourth-order valence-corrected chi connectivity index (χ4v) is 4.21. The maximum absolute atomic E-state index is 12.5. The molecule has 0 spiro atoms. The van der Waals surface area contributed by atoms with Gasteiger partial charge in [-0.1, -0.05) is 28.1 Å². The van der Waals surface area contributed by atoms with E-state index < -0.39 is 0 Å². The fourth-order valence-electron chi connectivity index (χ4n) is 2.95. The first-order valence-electron chi connectivity index (χ1n) is 8.13. The molecule has 1 atom stereocenters. The van der Waals surface area contributed by atoms with E-state index in [9.17, 15) is 4.79 Å². The van der Waals surface area contributed by atoms with E-state index in [4.69, 9.17) is 0 Å². The molecule has 1 aliphatic heterocycles. The molecular formula is C18H22BrN3OS. The molecule has 1 N–H and O–H groups in total. The highest BCUT2D eigenvalue weighted by molar-refractivity contribution is 9.10. The van der Waals surface area contributed by atoms with Crippen molar-refractivity contribution in [3.63, 3.8) is 0 Å². The number of rotatable bonds is 5. The quantitative estimate of drug-likeness (QED) is 0.825. The zero-order chi connectivity index (χ0) is 16.9. The summed E-state index contributed by atoms with van der Waals surface area (Å²) in [7, 11) is 2.16. The van der Waals surface area contributed by atoms with Gasteiger partial charge in [-0.2, -0.15) is 0 Å². The van der Waals surface area contributed by atoms with Gasteiger partial charge in [-0.25, -0.2) is 0 Å². The molecule has 128 valence electrons. The predicted molar refractivity (Wildman–Crippen MR) is 103 cm³/mol. The number of nitrogens with zero attached hydrogens (tertiary/aromatic N) is 2. The Morgan fingerprint density at radius 2 is 2.04 bits per heavy atom. The molecule has 0 aliphatic carbocycles. The molecular weight excluding hydrogens is 386 g/mol. The van der Waals surface area contributed by atoms with Crippen molar-refractivity contribution in [3.8, 4) is 0 Å². The minimum absolute atomic E-state index is 0.0213. The first-order chi connectivity index (χ1) is 11.6. The molecule has 1 fully saturated rings. The van der Waals surface area contributed by atoms with Crippen LogP contribution in [0, 0.1) is 0 Å². The average Bonchev–Trinajstić information content (AvgIpc) is 3.11. The van der Waals surface area contributed by atoms with Gasteiger partial charge >= 0.3 is 0 Å². The zero-order valence-corrected chi connectivity index (χ0v) is 16.1. The molecule has 2 aromatic rings. The Kier molecular flexibility index (Phi) is 6.05. The third-order valence-corrected chi connectivity index (χ3v) is 5.86. The lowest BCUT2D eigenvalue weighted by atomic mass is 10.1. The van der Waals surface area contributed by atoms with E-state index in [1.165, 1.54) is 4.88 Å². The summed E-state index contributed by atoms with van der Waals surface area (Å²) in [5, 5.41) is 5.22. The highest BCUT2D eigenvalue weighted by Crippen LogP contribution is 2.25.